The first-order chi connectivity index (χ1) is 10.5. The molecule has 1 aromatic heterocycles. The van der Waals surface area contributed by atoms with Crippen LogP contribution in [0.4, 0.5) is 0 Å². The predicted molar refractivity (Wildman–Crippen MR) is 85.2 cm³/mol. The molecular formula is C16H21N3O2S. The van der Waals surface area contributed by atoms with Crippen molar-refractivity contribution >= 4 is 10.0 Å². The van der Waals surface area contributed by atoms with Crippen LogP contribution in [0.25, 0.3) is 0 Å². The molecule has 0 saturated carbocycles. The average molecular weight is 319 g/mol. The number of hydrogen-bond donors (Lipinski definition) is 1. The standard InChI is InChI=1S/C16H21N3O2S/c1-12-6-3-4-8-15(12)22(20,21)19-9-5-7-14(11-19)16-17-10-13(2)18-16/h3-4,6,8,10,14H,5,7,9,11H2,1-2H3,(H,17,18)/t14-/m1/s1. The Kier molecular flexibility index (Phi) is 4.06. The van der Waals surface area contributed by atoms with Gasteiger partial charge in [0.15, 0.2) is 0 Å². The maximum absolute atomic E-state index is 12.9. The second-order valence-electron chi connectivity index (χ2n) is 5.92. The van der Waals surface area contributed by atoms with E-state index in [1.54, 1.807) is 22.6 Å². The highest BCUT2D eigenvalue weighted by Gasteiger charge is 2.32. The van der Waals surface area contributed by atoms with E-state index in [1.807, 2.05) is 26.0 Å². The fourth-order valence-corrected chi connectivity index (χ4v) is 4.76. The van der Waals surface area contributed by atoms with E-state index in [0.717, 1.165) is 29.9 Å². The maximum atomic E-state index is 12.9. The van der Waals surface area contributed by atoms with E-state index in [9.17, 15) is 8.42 Å². The van der Waals surface area contributed by atoms with E-state index in [-0.39, 0.29) is 5.92 Å². The summed E-state index contributed by atoms with van der Waals surface area (Å²) < 4.78 is 27.4. The minimum Gasteiger partial charge on any atom is -0.346 e. The molecule has 118 valence electrons. The molecule has 3 rings (SSSR count). The third-order valence-electron chi connectivity index (χ3n) is 4.20. The van der Waals surface area contributed by atoms with Gasteiger partial charge in [0.1, 0.15) is 5.82 Å². The monoisotopic (exact) mass is 319 g/mol. The molecule has 6 heteroatoms. The van der Waals surface area contributed by atoms with Crippen LogP contribution in [0.2, 0.25) is 0 Å². The van der Waals surface area contributed by atoms with Gasteiger partial charge >= 0.3 is 0 Å². The molecule has 0 radical (unpaired) electrons. The van der Waals surface area contributed by atoms with Crippen molar-refractivity contribution in [1.29, 1.82) is 0 Å². The van der Waals surface area contributed by atoms with Crippen LogP contribution >= 0.6 is 0 Å². The van der Waals surface area contributed by atoms with E-state index < -0.39 is 10.0 Å². The summed E-state index contributed by atoms with van der Waals surface area (Å²) >= 11 is 0. The summed E-state index contributed by atoms with van der Waals surface area (Å²) in [6, 6.07) is 7.16. The Morgan fingerprint density at radius 2 is 2.05 bits per heavy atom. The number of hydrogen-bond acceptors (Lipinski definition) is 3. The SMILES string of the molecule is Cc1cnc([C@@H]2CCCN(S(=O)(=O)c3ccccc3C)C2)[nH]1. The molecule has 1 N–H and O–H groups in total. The van der Waals surface area contributed by atoms with Crippen LogP contribution in [0.1, 0.15) is 35.8 Å². The van der Waals surface area contributed by atoms with Crippen LogP contribution in [-0.4, -0.2) is 35.8 Å². The van der Waals surface area contributed by atoms with Crippen LogP contribution < -0.4 is 0 Å². The molecule has 2 heterocycles. The fourth-order valence-electron chi connectivity index (χ4n) is 3.01. The van der Waals surface area contributed by atoms with Crippen molar-refractivity contribution < 1.29 is 8.42 Å². The van der Waals surface area contributed by atoms with Gasteiger partial charge in [0, 0.05) is 30.9 Å². The van der Waals surface area contributed by atoms with Crippen molar-refractivity contribution in [3.63, 3.8) is 0 Å². The summed E-state index contributed by atoms with van der Waals surface area (Å²) in [5.41, 5.74) is 1.80. The number of nitrogens with zero attached hydrogens (tertiary/aromatic N) is 2. The Hall–Kier alpha value is -1.66. The number of nitrogens with one attached hydrogen (secondary N) is 1. The molecule has 5 nitrogen and oxygen atoms in total. The molecule has 1 aliphatic heterocycles. The van der Waals surface area contributed by atoms with E-state index >= 15 is 0 Å². The summed E-state index contributed by atoms with van der Waals surface area (Å²) in [4.78, 5) is 8.01. The lowest BCUT2D eigenvalue weighted by molar-refractivity contribution is 0.310. The summed E-state index contributed by atoms with van der Waals surface area (Å²) in [5.74, 6) is 1.03. The van der Waals surface area contributed by atoms with Crippen LogP contribution in [0.5, 0.6) is 0 Å². The van der Waals surface area contributed by atoms with Crippen molar-refractivity contribution in [3.05, 3.63) is 47.5 Å². The molecular weight excluding hydrogens is 298 g/mol. The van der Waals surface area contributed by atoms with Crippen LogP contribution in [0, 0.1) is 13.8 Å². The van der Waals surface area contributed by atoms with E-state index in [0.29, 0.717) is 18.0 Å². The van der Waals surface area contributed by atoms with E-state index in [2.05, 4.69) is 9.97 Å². The lowest BCUT2D eigenvalue weighted by Gasteiger charge is -2.31. The number of sulfonamides is 1. The first-order valence-corrected chi connectivity index (χ1v) is 9.00. The van der Waals surface area contributed by atoms with Gasteiger partial charge in [-0.1, -0.05) is 18.2 Å². The second-order valence-corrected chi connectivity index (χ2v) is 7.83. The Morgan fingerprint density at radius 3 is 2.73 bits per heavy atom. The van der Waals surface area contributed by atoms with Crippen molar-refractivity contribution in [3.8, 4) is 0 Å². The molecule has 0 amide bonds. The van der Waals surface area contributed by atoms with Gasteiger partial charge in [0.25, 0.3) is 0 Å². The number of rotatable bonds is 3. The number of aromatic nitrogens is 2. The second kappa shape index (κ2) is 5.85. The molecule has 1 aromatic carbocycles. The first-order valence-electron chi connectivity index (χ1n) is 7.56. The molecule has 1 atom stereocenters. The lowest BCUT2D eigenvalue weighted by Crippen LogP contribution is -2.39. The van der Waals surface area contributed by atoms with Crippen molar-refractivity contribution in [1.82, 2.24) is 14.3 Å². The van der Waals surface area contributed by atoms with Gasteiger partial charge in [-0.3, -0.25) is 0 Å². The normalized spacial score (nSPS) is 20.2. The molecule has 1 aliphatic rings. The van der Waals surface area contributed by atoms with Gasteiger partial charge in [-0.25, -0.2) is 13.4 Å². The number of piperidine rings is 1. The van der Waals surface area contributed by atoms with Gasteiger partial charge in [0.2, 0.25) is 10.0 Å². The minimum atomic E-state index is -3.44. The summed E-state index contributed by atoms with van der Waals surface area (Å²) in [7, 11) is -3.44. The molecule has 1 saturated heterocycles. The Bertz CT molecular complexity index is 767. The number of benzene rings is 1. The predicted octanol–water partition coefficient (Wildman–Crippen LogP) is 2.59. The number of aromatic amines is 1. The maximum Gasteiger partial charge on any atom is 0.243 e. The average Bonchev–Trinajstić information content (AvgIpc) is 2.94. The highest BCUT2D eigenvalue weighted by Crippen LogP contribution is 2.29. The molecule has 22 heavy (non-hydrogen) atoms. The zero-order chi connectivity index (χ0) is 15.7. The van der Waals surface area contributed by atoms with Crippen LogP contribution in [-0.2, 0) is 10.0 Å². The third-order valence-corrected chi connectivity index (χ3v) is 6.23. The fraction of sp³-hybridized carbons (Fsp3) is 0.438. The first kappa shape index (κ1) is 15.2. The molecule has 0 unspecified atom stereocenters. The highest BCUT2D eigenvalue weighted by molar-refractivity contribution is 7.89. The molecule has 0 aliphatic carbocycles. The number of aryl methyl sites for hydroxylation is 2. The minimum absolute atomic E-state index is 0.140. The zero-order valence-corrected chi connectivity index (χ0v) is 13.7. The third kappa shape index (κ3) is 2.80. The van der Waals surface area contributed by atoms with Gasteiger partial charge in [0.05, 0.1) is 4.90 Å². The zero-order valence-electron chi connectivity index (χ0n) is 12.9. The van der Waals surface area contributed by atoms with Crippen molar-refractivity contribution in [2.24, 2.45) is 0 Å². The largest absolute Gasteiger partial charge is 0.346 e. The Labute approximate surface area is 131 Å². The smallest absolute Gasteiger partial charge is 0.243 e. The Morgan fingerprint density at radius 1 is 1.27 bits per heavy atom. The van der Waals surface area contributed by atoms with E-state index in [4.69, 9.17) is 0 Å². The molecule has 0 spiro atoms. The quantitative estimate of drug-likeness (QED) is 0.945. The van der Waals surface area contributed by atoms with Gasteiger partial charge in [-0.15, -0.1) is 0 Å². The Balaban J connectivity index is 1.87. The lowest BCUT2D eigenvalue weighted by atomic mass is 9.99. The highest BCUT2D eigenvalue weighted by atomic mass is 32.2. The summed E-state index contributed by atoms with van der Waals surface area (Å²) in [6.45, 7) is 4.86. The molecule has 1 fully saturated rings. The van der Waals surface area contributed by atoms with Crippen molar-refractivity contribution in [2.45, 2.75) is 37.5 Å². The van der Waals surface area contributed by atoms with Crippen LogP contribution in [0.3, 0.4) is 0 Å². The van der Waals surface area contributed by atoms with Gasteiger partial charge in [-0.2, -0.15) is 4.31 Å². The molecule has 0 bridgehead atoms. The topological polar surface area (TPSA) is 66.1 Å². The number of imidazole rings is 1. The van der Waals surface area contributed by atoms with Crippen LogP contribution in [0.15, 0.2) is 35.4 Å². The molecule has 2 aromatic rings. The summed E-state index contributed by atoms with van der Waals surface area (Å²) in [5, 5.41) is 0. The summed E-state index contributed by atoms with van der Waals surface area (Å²) in [6.07, 6.45) is 3.62. The van der Waals surface area contributed by atoms with Crippen molar-refractivity contribution in [2.75, 3.05) is 13.1 Å². The number of H-pyrrole nitrogens is 1. The van der Waals surface area contributed by atoms with E-state index in [1.165, 1.54) is 0 Å². The van der Waals surface area contributed by atoms with Gasteiger partial charge in [-0.05, 0) is 38.3 Å². The van der Waals surface area contributed by atoms with Gasteiger partial charge < -0.3 is 4.98 Å².